The number of likely N-dealkylation sites (tertiary alicyclic amines) is 1. The largest absolute Gasteiger partial charge is 0.493 e. The van der Waals surface area contributed by atoms with Gasteiger partial charge in [-0.3, -0.25) is 0 Å². The van der Waals surface area contributed by atoms with Crippen molar-refractivity contribution >= 4 is 11.0 Å². The molecule has 2 aromatic heterocycles. The van der Waals surface area contributed by atoms with E-state index in [-0.39, 0.29) is 18.9 Å². The molecule has 0 radical (unpaired) electrons. The molecule has 1 aliphatic heterocycles. The van der Waals surface area contributed by atoms with Crippen LogP contribution in [0.5, 0.6) is 17.5 Å². The van der Waals surface area contributed by atoms with Crippen molar-refractivity contribution in [2.24, 2.45) is 0 Å². The van der Waals surface area contributed by atoms with Gasteiger partial charge in [0.2, 0.25) is 0 Å². The fraction of sp³-hybridized carbons (Fsp3) is 0.480. The van der Waals surface area contributed by atoms with E-state index < -0.39 is 5.92 Å². The molecule has 0 amide bonds. The fourth-order valence-corrected chi connectivity index (χ4v) is 3.87. The number of hydrogen-bond acceptors (Lipinski definition) is 7. The molecule has 8 nitrogen and oxygen atoms in total. The number of nitriles is 1. The van der Waals surface area contributed by atoms with Crippen LogP contribution in [-0.4, -0.2) is 66.7 Å². The lowest BCUT2D eigenvalue weighted by Gasteiger charge is -2.28. The van der Waals surface area contributed by atoms with Crippen LogP contribution in [0, 0.1) is 11.3 Å². The predicted octanol–water partition coefficient (Wildman–Crippen LogP) is 4.82. The van der Waals surface area contributed by atoms with E-state index in [1.807, 2.05) is 31.0 Å². The average molecular weight is 488 g/mol. The number of fused-ring (bicyclic) bond motifs is 1. The van der Waals surface area contributed by atoms with E-state index >= 15 is 0 Å². The third-order valence-corrected chi connectivity index (χ3v) is 5.87. The number of H-pyrrole nitrogens is 1. The van der Waals surface area contributed by atoms with Crippen LogP contribution in [0.3, 0.4) is 0 Å². The summed E-state index contributed by atoms with van der Waals surface area (Å²) in [6.07, 6.45) is 2.45. The molecule has 0 spiro atoms. The van der Waals surface area contributed by atoms with Crippen molar-refractivity contribution in [2.75, 3.05) is 41.0 Å². The van der Waals surface area contributed by atoms with Crippen LogP contribution in [0.25, 0.3) is 22.3 Å². The van der Waals surface area contributed by atoms with Crippen LogP contribution < -0.4 is 14.2 Å². The van der Waals surface area contributed by atoms with Gasteiger partial charge in [-0.25, -0.2) is 8.78 Å². The van der Waals surface area contributed by atoms with Crippen molar-refractivity contribution in [3.63, 3.8) is 0 Å². The third-order valence-electron chi connectivity index (χ3n) is 5.87. The lowest BCUT2D eigenvalue weighted by atomic mass is 9.98. The summed E-state index contributed by atoms with van der Waals surface area (Å²) in [7, 11) is 5.06. The molecule has 35 heavy (non-hydrogen) atoms. The topological polar surface area (TPSA) is 96.3 Å². The first kappa shape index (κ1) is 26.2. The minimum absolute atomic E-state index is 0.0312. The van der Waals surface area contributed by atoms with Gasteiger partial charge in [0.25, 0.3) is 5.92 Å². The molecule has 1 aromatic carbocycles. The molecule has 0 saturated carbocycles. The number of hydrogen-bond donors (Lipinski definition) is 1. The zero-order chi connectivity index (χ0) is 25.6. The fourth-order valence-electron chi connectivity index (χ4n) is 3.87. The second kappa shape index (κ2) is 11.3. The summed E-state index contributed by atoms with van der Waals surface area (Å²) in [6.45, 7) is 5.44. The van der Waals surface area contributed by atoms with E-state index in [2.05, 4.69) is 27.9 Å². The molecule has 0 atom stereocenters. The summed E-state index contributed by atoms with van der Waals surface area (Å²) >= 11 is 0. The summed E-state index contributed by atoms with van der Waals surface area (Å²) in [5.74, 6) is -1.14. The Hall–Kier alpha value is -3.45. The number of halogens is 2. The van der Waals surface area contributed by atoms with Gasteiger partial charge in [-0.2, -0.15) is 15.2 Å². The monoisotopic (exact) mass is 487 g/mol. The molecular formula is C25H31F2N5O3. The van der Waals surface area contributed by atoms with Gasteiger partial charge in [0.15, 0.2) is 11.5 Å². The Labute approximate surface area is 203 Å². The maximum absolute atomic E-state index is 12.4. The zero-order valence-corrected chi connectivity index (χ0v) is 20.7. The number of methoxy groups -OCH3 is 2. The van der Waals surface area contributed by atoms with E-state index in [9.17, 15) is 14.0 Å². The lowest BCUT2D eigenvalue weighted by molar-refractivity contribution is -0.0504. The molecule has 10 heteroatoms. The van der Waals surface area contributed by atoms with Gasteiger partial charge >= 0.3 is 6.01 Å². The first-order valence-corrected chi connectivity index (χ1v) is 11.5. The Kier molecular flexibility index (Phi) is 8.46. The Bertz CT molecular complexity index is 1200. The highest BCUT2D eigenvalue weighted by Crippen LogP contribution is 2.39. The van der Waals surface area contributed by atoms with E-state index in [4.69, 9.17) is 14.2 Å². The van der Waals surface area contributed by atoms with Gasteiger partial charge in [-0.05, 0) is 38.1 Å². The number of benzene rings is 1. The summed E-state index contributed by atoms with van der Waals surface area (Å²) in [4.78, 5) is 13.9. The van der Waals surface area contributed by atoms with E-state index in [0.29, 0.717) is 53.5 Å². The van der Waals surface area contributed by atoms with Gasteiger partial charge in [0, 0.05) is 37.7 Å². The summed E-state index contributed by atoms with van der Waals surface area (Å²) in [5, 5.41) is 10.1. The van der Waals surface area contributed by atoms with Crippen molar-refractivity contribution in [3.05, 3.63) is 29.5 Å². The van der Waals surface area contributed by atoms with Crippen molar-refractivity contribution in [1.82, 2.24) is 19.9 Å². The number of nitrogens with one attached hydrogen (secondary N) is 1. The molecule has 1 fully saturated rings. The number of rotatable bonds is 6. The van der Waals surface area contributed by atoms with Crippen LogP contribution in [0.4, 0.5) is 8.78 Å². The molecule has 1 N–H and O–H groups in total. The molecule has 1 saturated heterocycles. The number of aromatic nitrogens is 3. The van der Waals surface area contributed by atoms with Crippen LogP contribution in [-0.2, 0) is 6.42 Å². The minimum atomic E-state index is -2.38. The SMILES string of the molecule is CCOc1nc(-c2cc(OC)c(OC)cc2CC)c2c(C#N)c[nH]c2n1.CN1CCC(F)(F)CC1. The standard InChI is InChI=1S/C19H20N4O3.C6H11F2N/c1-5-11-7-14(24-3)15(25-4)8-13(11)17-16-12(9-20)10-21-18(16)23-19(22-17)26-6-2;1-9-4-2-6(7,8)3-5-9/h7-8,10H,5-6H2,1-4H3,(H,21,22,23);2-5H2,1H3. The maximum Gasteiger partial charge on any atom is 0.318 e. The van der Waals surface area contributed by atoms with Crippen molar-refractivity contribution in [1.29, 1.82) is 5.26 Å². The number of ether oxygens (including phenoxy) is 3. The zero-order valence-electron chi connectivity index (χ0n) is 20.7. The smallest absolute Gasteiger partial charge is 0.318 e. The number of aromatic amines is 1. The minimum Gasteiger partial charge on any atom is -0.493 e. The molecule has 0 aliphatic carbocycles. The van der Waals surface area contributed by atoms with Crippen molar-refractivity contribution < 1.29 is 23.0 Å². The van der Waals surface area contributed by atoms with E-state index in [0.717, 1.165) is 17.5 Å². The number of piperidine rings is 1. The molecule has 0 unspecified atom stereocenters. The molecule has 3 aromatic rings. The molecule has 1 aliphatic rings. The highest BCUT2D eigenvalue weighted by molar-refractivity contribution is 5.96. The van der Waals surface area contributed by atoms with Crippen LogP contribution in [0.1, 0.15) is 37.8 Å². The molecule has 0 bridgehead atoms. The number of aryl methyl sites for hydroxylation is 1. The van der Waals surface area contributed by atoms with Gasteiger partial charge in [-0.1, -0.05) is 6.92 Å². The summed E-state index contributed by atoms with van der Waals surface area (Å²) in [6, 6.07) is 6.26. The van der Waals surface area contributed by atoms with E-state index in [1.54, 1.807) is 20.4 Å². The molecule has 4 rings (SSSR count). The third kappa shape index (κ3) is 5.98. The normalized spacial score (nSPS) is 15.1. The van der Waals surface area contributed by atoms with Gasteiger partial charge in [0.05, 0.1) is 37.5 Å². The highest BCUT2D eigenvalue weighted by Gasteiger charge is 2.32. The Morgan fingerprint density at radius 3 is 2.31 bits per heavy atom. The Morgan fingerprint density at radius 1 is 1.11 bits per heavy atom. The Balaban J connectivity index is 0.000000320. The van der Waals surface area contributed by atoms with E-state index in [1.165, 1.54) is 0 Å². The lowest BCUT2D eigenvalue weighted by Crippen LogP contribution is -2.36. The van der Waals surface area contributed by atoms with Gasteiger partial charge in [0.1, 0.15) is 11.7 Å². The van der Waals surface area contributed by atoms with Crippen LogP contribution in [0.15, 0.2) is 18.3 Å². The first-order chi connectivity index (χ1) is 16.8. The maximum atomic E-state index is 12.4. The van der Waals surface area contributed by atoms with Gasteiger partial charge in [-0.15, -0.1) is 0 Å². The first-order valence-electron chi connectivity index (χ1n) is 11.5. The second-order valence-electron chi connectivity index (χ2n) is 8.20. The molecule has 188 valence electrons. The summed E-state index contributed by atoms with van der Waals surface area (Å²) in [5.41, 5.74) is 3.56. The van der Waals surface area contributed by atoms with Crippen LogP contribution in [0.2, 0.25) is 0 Å². The molecule has 3 heterocycles. The number of alkyl halides is 2. The predicted molar refractivity (Wildman–Crippen MR) is 129 cm³/mol. The van der Waals surface area contributed by atoms with Crippen LogP contribution >= 0.6 is 0 Å². The Morgan fingerprint density at radius 2 is 1.77 bits per heavy atom. The van der Waals surface area contributed by atoms with Crippen molar-refractivity contribution in [3.8, 4) is 34.8 Å². The summed E-state index contributed by atoms with van der Waals surface area (Å²) < 4.78 is 41.1. The number of nitrogens with zero attached hydrogens (tertiary/aromatic N) is 4. The highest BCUT2D eigenvalue weighted by atomic mass is 19.3. The average Bonchev–Trinajstić information content (AvgIpc) is 3.28. The second-order valence-corrected chi connectivity index (χ2v) is 8.20. The van der Waals surface area contributed by atoms with Crippen molar-refractivity contribution in [2.45, 2.75) is 39.0 Å². The molecular weight excluding hydrogens is 456 g/mol. The van der Waals surface area contributed by atoms with Gasteiger partial charge < -0.3 is 24.1 Å². The quantitative estimate of drug-likeness (QED) is 0.532.